The van der Waals surface area contributed by atoms with Crippen LogP contribution < -0.4 is 5.56 Å². The number of benzene rings is 1. The van der Waals surface area contributed by atoms with Gasteiger partial charge in [-0.2, -0.15) is 0 Å². The smallest absolute Gasteiger partial charge is 0.262 e. The van der Waals surface area contributed by atoms with E-state index in [-0.39, 0.29) is 5.56 Å². The molecule has 140 valence electrons. The van der Waals surface area contributed by atoms with Gasteiger partial charge < -0.3 is 0 Å². The first-order valence-corrected chi connectivity index (χ1v) is 9.72. The predicted molar refractivity (Wildman–Crippen MR) is 108 cm³/mol. The molecule has 0 bridgehead atoms. The second-order valence-corrected chi connectivity index (χ2v) is 7.46. The van der Waals surface area contributed by atoms with Gasteiger partial charge in [-0.25, -0.2) is 4.68 Å². The molecule has 7 heteroatoms. The van der Waals surface area contributed by atoms with E-state index in [1.54, 1.807) is 4.57 Å². The van der Waals surface area contributed by atoms with Crippen LogP contribution in [-0.2, 0) is 13.2 Å². The van der Waals surface area contributed by atoms with Crippen LogP contribution in [0, 0.1) is 10.7 Å². The fourth-order valence-electron chi connectivity index (χ4n) is 3.38. The second kappa shape index (κ2) is 7.72. The summed E-state index contributed by atoms with van der Waals surface area (Å²) in [7, 11) is 0. The number of aryl methyl sites for hydroxylation is 1. The average molecular weight is 374 g/mol. The van der Waals surface area contributed by atoms with Gasteiger partial charge in [0.05, 0.1) is 17.6 Å². The van der Waals surface area contributed by atoms with Crippen molar-refractivity contribution in [2.75, 3.05) is 13.1 Å². The average Bonchev–Trinajstić information content (AvgIpc) is 2.94. The summed E-state index contributed by atoms with van der Waals surface area (Å²) in [4.78, 5) is 15.2. The van der Waals surface area contributed by atoms with E-state index in [9.17, 15) is 4.79 Å². The van der Waals surface area contributed by atoms with Crippen LogP contribution in [0.25, 0.3) is 16.7 Å². The number of aromatic nitrogens is 4. The molecule has 0 atom stereocenters. The van der Waals surface area contributed by atoms with Gasteiger partial charge in [0, 0.05) is 13.1 Å². The van der Waals surface area contributed by atoms with Gasteiger partial charge in [0.1, 0.15) is 0 Å². The first kappa shape index (κ1) is 18.8. The maximum Gasteiger partial charge on any atom is 0.262 e. The third-order valence-corrected chi connectivity index (χ3v) is 4.93. The Morgan fingerprint density at radius 2 is 1.96 bits per heavy atom. The van der Waals surface area contributed by atoms with Gasteiger partial charge >= 0.3 is 0 Å². The molecule has 26 heavy (non-hydrogen) atoms. The molecule has 0 amide bonds. The maximum absolute atomic E-state index is 12.9. The van der Waals surface area contributed by atoms with Crippen LogP contribution in [0.5, 0.6) is 0 Å². The molecule has 0 aliphatic rings. The molecule has 1 aromatic carbocycles. The van der Waals surface area contributed by atoms with Gasteiger partial charge in [-0.15, -0.1) is 5.10 Å². The molecule has 6 nitrogen and oxygen atoms in total. The third-order valence-electron chi connectivity index (χ3n) is 4.54. The first-order chi connectivity index (χ1) is 12.5. The minimum atomic E-state index is -0.00312. The molecule has 0 spiro atoms. The van der Waals surface area contributed by atoms with Crippen molar-refractivity contribution in [2.24, 2.45) is 5.92 Å². The van der Waals surface area contributed by atoms with Crippen molar-refractivity contribution in [1.82, 2.24) is 23.6 Å². The SMILES string of the molecule is CCCn1c(=O)c2ccccc2n2c(=S)n(CN(CC)CC(C)C)nc12. The zero-order valence-electron chi connectivity index (χ0n) is 16.0. The lowest BCUT2D eigenvalue weighted by Gasteiger charge is -2.21. The highest BCUT2D eigenvalue weighted by Gasteiger charge is 2.16. The van der Waals surface area contributed by atoms with E-state index in [2.05, 4.69) is 32.6 Å². The molecule has 2 aromatic heterocycles. The molecule has 0 radical (unpaired) electrons. The van der Waals surface area contributed by atoms with Gasteiger partial charge in [-0.1, -0.05) is 39.8 Å². The minimum Gasteiger partial charge on any atom is -0.284 e. The quantitative estimate of drug-likeness (QED) is 0.595. The van der Waals surface area contributed by atoms with Crippen LogP contribution in [0.15, 0.2) is 29.1 Å². The zero-order chi connectivity index (χ0) is 18.8. The Hall–Kier alpha value is -1.99. The minimum absolute atomic E-state index is 0.00312. The number of fused-ring (bicyclic) bond motifs is 3. The highest BCUT2D eigenvalue weighted by Crippen LogP contribution is 2.15. The number of rotatable bonds is 7. The molecule has 3 rings (SSSR count). The van der Waals surface area contributed by atoms with Crippen molar-refractivity contribution in [3.05, 3.63) is 39.4 Å². The Labute approximate surface area is 158 Å². The number of para-hydroxylation sites is 1. The Bertz CT molecular complexity index is 1030. The van der Waals surface area contributed by atoms with E-state index in [1.165, 1.54) is 0 Å². The van der Waals surface area contributed by atoms with Crippen molar-refractivity contribution in [1.29, 1.82) is 0 Å². The van der Waals surface area contributed by atoms with Gasteiger partial charge in [-0.3, -0.25) is 18.7 Å². The van der Waals surface area contributed by atoms with E-state index < -0.39 is 0 Å². The Balaban J connectivity index is 2.24. The fourth-order valence-corrected chi connectivity index (χ4v) is 3.66. The lowest BCUT2D eigenvalue weighted by Crippen LogP contribution is -2.30. The van der Waals surface area contributed by atoms with E-state index in [0.29, 0.717) is 35.1 Å². The molecule has 0 fully saturated rings. The molecule has 2 heterocycles. The van der Waals surface area contributed by atoms with Crippen LogP contribution in [0.1, 0.15) is 34.1 Å². The van der Waals surface area contributed by atoms with Crippen molar-refractivity contribution in [3.63, 3.8) is 0 Å². The predicted octanol–water partition coefficient (Wildman–Crippen LogP) is 3.53. The van der Waals surface area contributed by atoms with Crippen molar-refractivity contribution >= 4 is 28.9 Å². The van der Waals surface area contributed by atoms with Crippen LogP contribution in [0.2, 0.25) is 0 Å². The molecule has 0 aliphatic carbocycles. The van der Waals surface area contributed by atoms with Gasteiger partial charge in [0.25, 0.3) is 5.56 Å². The van der Waals surface area contributed by atoms with Crippen molar-refractivity contribution < 1.29 is 0 Å². The normalized spacial score (nSPS) is 12.1. The molecular weight excluding hydrogens is 346 g/mol. The number of hydrogen-bond acceptors (Lipinski definition) is 4. The summed E-state index contributed by atoms with van der Waals surface area (Å²) in [5.41, 5.74) is 0.819. The lowest BCUT2D eigenvalue weighted by molar-refractivity contribution is 0.194. The summed E-state index contributed by atoms with van der Waals surface area (Å²) >= 11 is 5.74. The summed E-state index contributed by atoms with van der Waals surface area (Å²) < 4.78 is 6.15. The van der Waals surface area contributed by atoms with Gasteiger partial charge in [0.15, 0.2) is 0 Å². The fraction of sp³-hybridized carbons (Fsp3) is 0.526. The summed E-state index contributed by atoms with van der Waals surface area (Å²) in [5.74, 6) is 1.20. The Morgan fingerprint density at radius 3 is 2.62 bits per heavy atom. The topological polar surface area (TPSA) is 47.5 Å². The van der Waals surface area contributed by atoms with Crippen LogP contribution >= 0.6 is 12.2 Å². The van der Waals surface area contributed by atoms with E-state index >= 15 is 0 Å². The molecular formula is C19H27N5OS. The molecule has 3 aromatic rings. The first-order valence-electron chi connectivity index (χ1n) is 9.31. The van der Waals surface area contributed by atoms with Crippen LogP contribution in [-0.4, -0.2) is 36.7 Å². The Morgan fingerprint density at radius 1 is 1.23 bits per heavy atom. The van der Waals surface area contributed by atoms with Crippen molar-refractivity contribution in [3.8, 4) is 0 Å². The Kier molecular flexibility index (Phi) is 5.58. The zero-order valence-corrected chi connectivity index (χ0v) is 16.8. The highest BCUT2D eigenvalue weighted by atomic mass is 32.1. The van der Waals surface area contributed by atoms with E-state index in [0.717, 1.165) is 25.0 Å². The summed E-state index contributed by atoms with van der Waals surface area (Å²) in [6, 6.07) is 7.62. The second-order valence-electron chi connectivity index (χ2n) is 7.10. The van der Waals surface area contributed by atoms with E-state index in [4.69, 9.17) is 17.3 Å². The highest BCUT2D eigenvalue weighted by molar-refractivity contribution is 7.71. The number of hydrogen-bond donors (Lipinski definition) is 0. The summed E-state index contributed by atoms with van der Waals surface area (Å²) in [5, 5.41) is 5.41. The third kappa shape index (κ3) is 3.33. The van der Waals surface area contributed by atoms with Crippen LogP contribution in [0.3, 0.4) is 0 Å². The van der Waals surface area contributed by atoms with Crippen molar-refractivity contribution in [2.45, 2.75) is 47.3 Å². The monoisotopic (exact) mass is 373 g/mol. The largest absolute Gasteiger partial charge is 0.284 e. The van der Waals surface area contributed by atoms with Gasteiger partial charge in [-0.05, 0) is 43.2 Å². The molecule has 0 saturated heterocycles. The lowest BCUT2D eigenvalue weighted by atomic mass is 10.2. The molecule has 0 unspecified atom stereocenters. The molecule has 0 aliphatic heterocycles. The van der Waals surface area contributed by atoms with Crippen LogP contribution in [0.4, 0.5) is 0 Å². The molecule has 0 saturated carbocycles. The number of nitrogens with zero attached hydrogens (tertiary/aromatic N) is 5. The summed E-state index contributed by atoms with van der Waals surface area (Å²) in [6.45, 7) is 11.8. The maximum atomic E-state index is 12.9. The van der Waals surface area contributed by atoms with Gasteiger partial charge in [0.2, 0.25) is 10.5 Å². The molecule has 0 N–H and O–H groups in total. The van der Waals surface area contributed by atoms with E-state index in [1.807, 2.05) is 33.3 Å². The summed E-state index contributed by atoms with van der Waals surface area (Å²) in [6.07, 6.45) is 0.863. The standard InChI is InChI=1S/C19H27N5OS/c1-5-11-22-17(25)15-9-7-8-10-16(15)24-18(22)20-23(19(24)26)13-21(6-2)12-14(3)4/h7-10,14H,5-6,11-13H2,1-4H3.